The van der Waals surface area contributed by atoms with E-state index in [4.69, 9.17) is 0 Å². The predicted molar refractivity (Wildman–Crippen MR) is 81.6 cm³/mol. The van der Waals surface area contributed by atoms with Crippen LogP contribution in [0.5, 0.6) is 0 Å². The van der Waals surface area contributed by atoms with Crippen LogP contribution in [0.3, 0.4) is 0 Å². The first-order valence-corrected chi connectivity index (χ1v) is 7.72. The molecule has 102 valence electrons. The Morgan fingerprint density at radius 2 is 2.11 bits per heavy atom. The lowest BCUT2D eigenvalue weighted by atomic mass is 9.64. The molecule has 1 saturated carbocycles. The molecule has 0 spiro atoms. The third-order valence-electron chi connectivity index (χ3n) is 4.54. The molecule has 1 fully saturated rings. The number of fused-ring (bicyclic) bond motifs is 1. The maximum atomic E-state index is 9.81. The van der Waals surface area contributed by atoms with Crippen molar-refractivity contribution in [3.8, 4) is 0 Å². The normalized spacial score (nSPS) is 27.2. The van der Waals surface area contributed by atoms with Crippen molar-refractivity contribution < 1.29 is 5.11 Å². The molecular formula is C16H21NOS. The minimum atomic E-state index is -0.167. The van der Waals surface area contributed by atoms with Crippen LogP contribution in [-0.4, -0.2) is 17.3 Å². The molecule has 3 unspecified atom stereocenters. The van der Waals surface area contributed by atoms with Crippen molar-refractivity contribution in [2.24, 2.45) is 5.41 Å². The summed E-state index contributed by atoms with van der Waals surface area (Å²) in [4.78, 5) is 1.37. The van der Waals surface area contributed by atoms with Gasteiger partial charge in [0, 0.05) is 27.1 Å². The molecule has 1 aliphatic carbocycles. The fourth-order valence-corrected chi connectivity index (χ4v) is 3.86. The van der Waals surface area contributed by atoms with Crippen molar-refractivity contribution in [2.45, 2.75) is 45.4 Å². The molecule has 1 aromatic heterocycles. The third-order valence-corrected chi connectivity index (χ3v) is 5.84. The van der Waals surface area contributed by atoms with Gasteiger partial charge >= 0.3 is 0 Å². The first-order chi connectivity index (χ1) is 8.98. The van der Waals surface area contributed by atoms with Crippen LogP contribution in [0.25, 0.3) is 10.1 Å². The number of aliphatic hydroxyl groups is 1. The summed E-state index contributed by atoms with van der Waals surface area (Å²) in [6.07, 6.45) is 0.696. The molecule has 3 atom stereocenters. The van der Waals surface area contributed by atoms with Crippen LogP contribution in [0.1, 0.15) is 38.1 Å². The van der Waals surface area contributed by atoms with E-state index >= 15 is 0 Å². The Morgan fingerprint density at radius 1 is 1.37 bits per heavy atom. The van der Waals surface area contributed by atoms with Crippen molar-refractivity contribution in [2.75, 3.05) is 0 Å². The van der Waals surface area contributed by atoms with Gasteiger partial charge in [-0.1, -0.05) is 32.0 Å². The van der Waals surface area contributed by atoms with Crippen LogP contribution in [0.15, 0.2) is 30.3 Å². The number of thiophene rings is 1. The van der Waals surface area contributed by atoms with Gasteiger partial charge in [-0.2, -0.15) is 0 Å². The Bertz CT molecular complexity index is 556. The first-order valence-electron chi connectivity index (χ1n) is 6.91. The molecule has 2 N–H and O–H groups in total. The molecule has 1 heterocycles. The second kappa shape index (κ2) is 4.58. The minimum absolute atomic E-state index is 0.00899. The van der Waals surface area contributed by atoms with E-state index < -0.39 is 0 Å². The maximum Gasteiger partial charge on any atom is 0.0621 e. The summed E-state index contributed by atoms with van der Waals surface area (Å²) in [5.74, 6) is 0. The summed E-state index contributed by atoms with van der Waals surface area (Å²) in [6.45, 7) is 6.48. The number of nitrogens with one attached hydrogen (secondary N) is 1. The highest BCUT2D eigenvalue weighted by atomic mass is 32.1. The van der Waals surface area contributed by atoms with Gasteiger partial charge < -0.3 is 10.4 Å². The summed E-state index contributed by atoms with van der Waals surface area (Å²) < 4.78 is 1.35. The highest BCUT2D eigenvalue weighted by Gasteiger charge is 2.47. The molecule has 1 aliphatic rings. The molecule has 19 heavy (non-hydrogen) atoms. The van der Waals surface area contributed by atoms with Gasteiger partial charge in [0.25, 0.3) is 0 Å². The highest BCUT2D eigenvalue weighted by molar-refractivity contribution is 7.19. The SMILES string of the molecule is CC(NC1CC(O)C1(C)C)c1cc2ccccc2s1. The van der Waals surface area contributed by atoms with E-state index in [0.717, 1.165) is 6.42 Å². The van der Waals surface area contributed by atoms with Gasteiger partial charge in [-0.3, -0.25) is 0 Å². The molecule has 0 aliphatic heterocycles. The number of aliphatic hydroxyl groups excluding tert-OH is 1. The zero-order valence-corrected chi connectivity index (χ0v) is 12.5. The van der Waals surface area contributed by atoms with Gasteiger partial charge in [-0.25, -0.2) is 0 Å². The Kier molecular flexibility index (Phi) is 3.16. The second-order valence-corrected chi connectivity index (χ2v) is 7.32. The minimum Gasteiger partial charge on any atom is -0.392 e. The number of hydrogen-bond acceptors (Lipinski definition) is 3. The standard InChI is InChI=1S/C16H21NOS/c1-10(17-14-9-15(18)16(14,2)3)13-8-11-6-4-5-7-12(11)19-13/h4-8,10,14-15,17-18H,9H2,1-3H3. The van der Waals surface area contributed by atoms with Gasteiger partial charge in [0.05, 0.1) is 6.10 Å². The van der Waals surface area contributed by atoms with Crippen LogP contribution in [0, 0.1) is 5.41 Å². The van der Waals surface area contributed by atoms with Gasteiger partial charge in [-0.15, -0.1) is 11.3 Å². The van der Waals surface area contributed by atoms with E-state index in [1.54, 1.807) is 0 Å². The smallest absolute Gasteiger partial charge is 0.0621 e. The van der Waals surface area contributed by atoms with E-state index in [1.807, 2.05) is 11.3 Å². The lowest BCUT2D eigenvalue weighted by Gasteiger charge is -2.50. The van der Waals surface area contributed by atoms with E-state index in [2.05, 4.69) is 56.4 Å². The molecular weight excluding hydrogens is 254 g/mol. The van der Waals surface area contributed by atoms with Gasteiger partial charge in [0.2, 0.25) is 0 Å². The number of rotatable bonds is 3. The lowest BCUT2D eigenvalue weighted by molar-refractivity contribution is -0.0753. The van der Waals surface area contributed by atoms with Gasteiger partial charge in [0.15, 0.2) is 0 Å². The zero-order valence-electron chi connectivity index (χ0n) is 11.7. The van der Waals surface area contributed by atoms with Gasteiger partial charge in [-0.05, 0) is 30.9 Å². The summed E-state index contributed by atoms with van der Waals surface area (Å²) in [5, 5.41) is 14.8. The monoisotopic (exact) mass is 275 g/mol. The van der Waals surface area contributed by atoms with Crippen molar-refractivity contribution in [3.63, 3.8) is 0 Å². The number of hydrogen-bond donors (Lipinski definition) is 2. The van der Waals surface area contributed by atoms with Crippen LogP contribution in [0.2, 0.25) is 0 Å². The van der Waals surface area contributed by atoms with Crippen LogP contribution >= 0.6 is 11.3 Å². The van der Waals surface area contributed by atoms with Crippen molar-refractivity contribution in [3.05, 3.63) is 35.2 Å². The quantitative estimate of drug-likeness (QED) is 0.895. The molecule has 2 aromatic rings. The summed E-state index contributed by atoms with van der Waals surface area (Å²) >= 11 is 1.86. The molecule has 0 radical (unpaired) electrons. The summed E-state index contributed by atoms with van der Waals surface area (Å²) in [7, 11) is 0. The largest absolute Gasteiger partial charge is 0.392 e. The summed E-state index contributed by atoms with van der Waals surface area (Å²) in [5.41, 5.74) is -0.00899. The van der Waals surface area contributed by atoms with E-state index in [-0.39, 0.29) is 11.5 Å². The second-order valence-electron chi connectivity index (χ2n) is 6.20. The van der Waals surface area contributed by atoms with Crippen molar-refractivity contribution >= 4 is 21.4 Å². The maximum absolute atomic E-state index is 9.81. The Balaban J connectivity index is 1.75. The third kappa shape index (κ3) is 2.20. The molecule has 3 heteroatoms. The molecule has 0 amide bonds. The zero-order chi connectivity index (χ0) is 13.6. The van der Waals surface area contributed by atoms with Crippen molar-refractivity contribution in [1.82, 2.24) is 5.32 Å². The Hall–Kier alpha value is -0.900. The van der Waals surface area contributed by atoms with Crippen LogP contribution in [0.4, 0.5) is 0 Å². The lowest BCUT2D eigenvalue weighted by Crippen LogP contribution is -2.60. The topological polar surface area (TPSA) is 32.3 Å². The molecule has 0 bridgehead atoms. The van der Waals surface area contributed by atoms with Crippen LogP contribution in [-0.2, 0) is 0 Å². The first kappa shape index (κ1) is 13.1. The van der Waals surface area contributed by atoms with Gasteiger partial charge in [0.1, 0.15) is 0 Å². The van der Waals surface area contributed by atoms with Crippen LogP contribution < -0.4 is 5.32 Å². The molecule has 0 saturated heterocycles. The average molecular weight is 275 g/mol. The molecule has 2 nitrogen and oxygen atoms in total. The fraction of sp³-hybridized carbons (Fsp3) is 0.500. The fourth-order valence-electron chi connectivity index (χ4n) is 2.79. The predicted octanol–water partition coefficient (Wildman–Crippen LogP) is 3.71. The molecule has 1 aromatic carbocycles. The Morgan fingerprint density at radius 3 is 2.74 bits per heavy atom. The van der Waals surface area contributed by atoms with E-state index in [1.165, 1.54) is 15.0 Å². The average Bonchev–Trinajstić information content (AvgIpc) is 2.82. The highest BCUT2D eigenvalue weighted by Crippen LogP contribution is 2.42. The molecule has 3 rings (SSSR count). The van der Waals surface area contributed by atoms with E-state index in [0.29, 0.717) is 12.1 Å². The Labute approximate surface area is 118 Å². The van der Waals surface area contributed by atoms with E-state index in [9.17, 15) is 5.11 Å². The summed E-state index contributed by atoms with van der Waals surface area (Å²) in [6, 6.07) is 11.5. The van der Waals surface area contributed by atoms with Crippen molar-refractivity contribution in [1.29, 1.82) is 0 Å². The number of benzene rings is 1.